The van der Waals surface area contributed by atoms with Crippen LogP contribution in [-0.4, -0.2) is 103 Å². The average molecular weight is 314 g/mol. The lowest BCUT2D eigenvalue weighted by atomic mass is 10.1. The number of hydrogen-bond acceptors (Lipinski definition) is 10. The number of carbonyl (C=O) groups excluding carboxylic acids is 1. The summed E-state index contributed by atoms with van der Waals surface area (Å²) < 4.78 is 4.47. The maximum absolute atomic E-state index is 9.87. The Hall–Kier alpha value is -0.690. The molecule has 10 heteroatoms. The van der Waals surface area contributed by atoms with Crippen LogP contribution < -0.4 is 0 Å². The Morgan fingerprint density at radius 2 is 1.52 bits per heavy atom. The first-order valence-corrected chi connectivity index (χ1v) is 6.14. The summed E-state index contributed by atoms with van der Waals surface area (Å²) in [5.74, 6) is 0. The van der Waals surface area contributed by atoms with Crippen molar-refractivity contribution in [2.24, 2.45) is 0 Å². The lowest BCUT2D eigenvalue weighted by molar-refractivity contribution is -0.252. The predicted octanol–water partition coefficient (Wildman–Crippen LogP) is -4.93. The molecule has 0 aromatic rings. The van der Waals surface area contributed by atoms with Crippen molar-refractivity contribution in [3.8, 4) is 0 Å². The van der Waals surface area contributed by atoms with Gasteiger partial charge >= 0.3 is 0 Å². The van der Waals surface area contributed by atoms with Crippen LogP contribution in [0, 0.1) is 0 Å². The Morgan fingerprint density at radius 3 is 1.90 bits per heavy atom. The summed E-state index contributed by atoms with van der Waals surface area (Å²) in [6, 6.07) is 0. The van der Waals surface area contributed by atoms with Crippen LogP contribution in [0.4, 0.5) is 0 Å². The number of rotatable bonds is 4. The van der Waals surface area contributed by atoms with Gasteiger partial charge in [-0.15, -0.1) is 0 Å². The molecular weight excluding hydrogens is 292 g/mol. The lowest BCUT2D eigenvalue weighted by Crippen LogP contribution is -2.52. The summed E-state index contributed by atoms with van der Waals surface area (Å²) in [7, 11) is 0. The molecule has 10 nitrogen and oxygen atoms in total. The quantitative estimate of drug-likeness (QED) is 0.233. The average Bonchev–Trinajstić information content (AvgIpc) is 2.47. The van der Waals surface area contributed by atoms with Crippen molar-refractivity contribution in [3.05, 3.63) is 0 Å². The topological polar surface area (TPSA) is 188 Å². The first-order chi connectivity index (χ1) is 9.63. The van der Waals surface area contributed by atoms with E-state index in [1.54, 1.807) is 0 Å². The summed E-state index contributed by atoms with van der Waals surface area (Å²) in [6.45, 7) is 1.09. The molecule has 8 N–H and O–H groups in total. The molecule has 1 fully saturated rings. The molecule has 0 aromatic carbocycles. The summed E-state index contributed by atoms with van der Waals surface area (Å²) in [4.78, 5) is 9.87. The zero-order valence-corrected chi connectivity index (χ0v) is 11.3. The number of hydrogen-bond donors (Lipinski definition) is 8. The minimum atomic E-state index is -1.65. The van der Waals surface area contributed by atoms with Gasteiger partial charge in [0.2, 0.25) is 0 Å². The second kappa shape index (κ2) is 9.35. The van der Waals surface area contributed by atoms with Crippen molar-refractivity contribution in [2.45, 2.75) is 55.9 Å². The van der Waals surface area contributed by atoms with Gasteiger partial charge in [-0.2, -0.15) is 0 Å². The van der Waals surface area contributed by atoms with Gasteiger partial charge in [-0.25, -0.2) is 0 Å². The summed E-state index contributed by atoms with van der Waals surface area (Å²) in [6.07, 6.45) is -11.1. The molecule has 8 atom stereocenters. The van der Waals surface area contributed by atoms with Crippen LogP contribution in [0.2, 0.25) is 0 Å². The van der Waals surface area contributed by atoms with Crippen LogP contribution in [-0.2, 0) is 9.53 Å². The Bertz CT molecular complexity index is 285. The Kier molecular flexibility index (Phi) is 9.04. The van der Waals surface area contributed by atoms with Gasteiger partial charge in [0.1, 0.15) is 36.6 Å². The maximum atomic E-state index is 9.87. The molecule has 0 saturated carbocycles. The Labute approximate surface area is 120 Å². The lowest BCUT2D eigenvalue weighted by Gasteiger charge is -2.31. The standard InChI is InChI=1S/C6H12O5.C5H10O5/c1-3(8)5(10)6(11)4(9)2-7;6-2-1-10-5(9)4(8)3(2)7/h2-6,8-11H,1H3;2-9H,1H2/t3-,4+,5+,6-;2-,3+,4-,5?/m01/s1. The van der Waals surface area contributed by atoms with Gasteiger partial charge in [0.25, 0.3) is 0 Å². The molecular formula is C11H22O10. The van der Waals surface area contributed by atoms with E-state index in [-0.39, 0.29) is 12.9 Å². The van der Waals surface area contributed by atoms with Crippen molar-refractivity contribution in [1.29, 1.82) is 0 Å². The summed E-state index contributed by atoms with van der Waals surface area (Å²) in [5, 5.41) is 70.3. The number of aliphatic hydroxyl groups is 8. The smallest absolute Gasteiger partial charge is 0.183 e. The second-order valence-electron chi connectivity index (χ2n) is 4.62. The van der Waals surface area contributed by atoms with E-state index in [0.717, 1.165) is 0 Å². The fourth-order valence-corrected chi connectivity index (χ4v) is 1.36. The molecule has 1 unspecified atom stereocenters. The van der Waals surface area contributed by atoms with Gasteiger partial charge in [0.15, 0.2) is 12.6 Å². The van der Waals surface area contributed by atoms with E-state index in [1.807, 2.05) is 0 Å². The molecule has 0 aliphatic carbocycles. The van der Waals surface area contributed by atoms with Crippen molar-refractivity contribution < 1.29 is 50.4 Å². The van der Waals surface area contributed by atoms with Crippen LogP contribution in [0.25, 0.3) is 0 Å². The van der Waals surface area contributed by atoms with Gasteiger partial charge < -0.3 is 50.4 Å². The molecule has 1 aliphatic heterocycles. The van der Waals surface area contributed by atoms with E-state index in [0.29, 0.717) is 0 Å². The molecule has 1 heterocycles. The molecule has 1 saturated heterocycles. The van der Waals surface area contributed by atoms with Gasteiger partial charge in [0, 0.05) is 0 Å². The number of aliphatic hydroxyl groups excluding tert-OH is 8. The number of carbonyl (C=O) groups is 1. The van der Waals surface area contributed by atoms with E-state index < -0.39 is 49.0 Å². The SMILES string of the molecule is C[C@H](O)[C@@H](O)[C@@H](O)[C@H](O)C=O.OC1OC[C@@H](O)[C@H](O)[C@H]1O. The van der Waals surface area contributed by atoms with E-state index in [9.17, 15) is 4.79 Å². The van der Waals surface area contributed by atoms with Crippen molar-refractivity contribution in [1.82, 2.24) is 0 Å². The highest BCUT2D eigenvalue weighted by Crippen LogP contribution is 2.12. The predicted molar refractivity (Wildman–Crippen MR) is 65.7 cm³/mol. The zero-order valence-electron chi connectivity index (χ0n) is 11.3. The third-order valence-corrected chi connectivity index (χ3v) is 2.81. The van der Waals surface area contributed by atoms with E-state index in [4.69, 9.17) is 40.9 Å². The van der Waals surface area contributed by atoms with E-state index in [2.05, 4.69) is 4.74 Å². The monoisotopic (exact) mass is 314 g/mol. The van der Waals surface area contributed by atoms with Crippen LogP contribution in [0.5, 0.6) is 0 Å². The van der Waals surface area contributed by atoms with Crippen molar-refractivity contribution in [2.75, 3.05) is 6.61 Å². The number of ether oxygens (including phenoxy) is 1. The molecule has 0 amide bonds. The first kappa shape index (κ1) is 20.3. The van der Waals surface area contributed by atoms with Gasteiger partial charge in [-0.05, 0) is 6.92 Å². The van der Waals surface area contributed by atoms with Crippen molar-refractivity contribution in [3.63, 3.8) is 0 Å². The molecule has 0 bridgehead atoms. The Balaban J connectivity index is 0.000000382. The second-order valence-corrected chi connectivity index (χ2v) is 4.62. The molecule has 0 spiro atoms. The minimum absolute atomic E-state index is 0.0935. The third-order valence-electron chi connectivity index (χ3n) is 2.81. The van der Waals surface area contributed by atoms with Crippen molar-refractivity contribution >= 4 is 6.29 Å². The van der Waals surface area contributed by atoms with Crippen LogP contribution in [0.15, 0.2) is 0 Å². The fraction of sp³-hybridized carbons (Fsp3) is 0.909. The molecule has 0 aromatic heterocycles. The van der Waals surface area contributed by atoms with Crippen LogP contribution in [0.1, 0.15) is 6.92 Å². The van der Waals surface area contributed by atoms with Gasteiger partial charge in [0.05, 0.1) is 12.7 Å². The van der Waals surface area contributed by atoms with Gasteiger partial charge in [-0.3, -0.25) is 0 Å². The highest BCUT2D eigenvalue weighted by atomic mass is 16.6. The normalized spacial score (nSPS) is 34.9. The summed E-state index contributed by atoms with van der Waals surface area (Å²) >= 11 is 0. The Morgan fingerprint density at radius 1 is 1.00 bits per heavy atom. The highest BCUT2D eigenvalue weighted by molar-refractivity contribution is 5.56. The molecule has 1 aliphatic rings. The third kappa shape index (κ3) is 6.30. The first-order valence-electron chi connectivity index (χ1n) is 6.14. The van der Waals surface area contributed by atoms with Crippen LogP contribution >= 0.6 is 0 Å². The van der Waals surface area contributed by atoms with Crippen LogP contribution in [0.3, 0.4) is 0 Å². The summed E-state index contributed by atoms with van der Waals surface area (Å²) in [5.41, 5.74) is 0. The number of aldehydes is 1. The fourth-order valence-electron chi connectivity index (χ4n) is 1.36. The zero-order chi connectivity index (χ0) is 16.7. The molecule has 126 valence electrons. The molecule has 21 heavy (non-hydrogen) atoms. The largest absolute Gasteiger partial charge is 0.391 e. The van der Waals surface area contributed by atoms with Gasteiger partial charge in [-0.1, -0.05) is 0 Å². The minimum Gasteiger partial charge on any atom is -0.391 e. The highest BCUT2D eigenvalue weighted by Gasteiger charge is 2.36. The molecule has 1 rings (SSSR count). The van der Waals surface area contributed by atoms with E-state index in [1.165, 1.54) is 6.92 Å². The molecule has 0 radical (unpaired) electrons. The van der Waals surface area contributed by atoms with E-state index >= 15 is 0 Å². The maximum Gasteiger partial charge on any atom is 0.183 e.